The van der Waals surface area contributed by atoms with Crippen molar-refractivity contribution in [3.8, 4) is 0 Å². The number of hydrogen-bond donors (Lipinski definition) is 0. The van der Waals surface area contributed by atoms with Crippen LogP contribution in [0.3, 0.4) is 0 Å². The Morgan fingerprint density at radius 1 is 0.720 bits per heavy atom. The van der Waals surface area contributed by atoms with Crippen molar-refractivity contribution >= 4 is 46.3 Å². The van der Waals surface area contributed by atoms with Gasteiger partial charge >= 0.3 is 0 Å². The SMILES string of the molecule is O=C1c2ccccc2C(=O)c2c1cccc2N(Cl)c1cccc(Cl)c1. The number of rotatable bonds is 2. The maximum Gasteiger partial charge on any atom is 0.196 e. The van der Waals surface area contributed by atoms with Crippen LogP contribution in [-0.4, -0.2) is 11.6 Å². The molecule has 0 atom stereocenters. The summed E-state index contributed by atoms with van der Waals surface area (Å²) in [5, 5.41) is 0.528. The minimum atomic E-state index is -0.214. The molecular weight excluding hydrogens is 357 g/mol. The fourth-order valence-corrected chi connectivity index (χ4v) is 3.46. The van der Waals surface area contributed by atoms with Crippen LogP contribution in [0.25, 0.3) is 0 Å². The van der Waals surface area contributed by atoms with E-state index in [0.717, 1.165) is 0 Å². The van der Waals surface area contributed by atoms with Gasteiger partial charge in [0.05, 0.1) is 16.9 Å². The van der Waals surface area contributed by atoms with E-state index in [1.54, 1.807) is 66.7 Å². The summed E-state index contributed by atoms with van der Waals surface area (Å²) in [4.78, 5) is 25.8. The monoisotopic (exact) mass is 367 g/mol. The number of halogens is 2. The van der Waals surface area contributed by atoms with Gasteiger partial charge in [-0.2, -0.15) is 0 Å². The Kier molecular flexibility index (Phi) is 3.83. The van der Waals surface area contributed by atoms with Crippen LogP contribution in [0.4, 0.5) is 11.4 Å². The second-order valence-corrected chi connectivity index (χ2v) is 6.44. The highest BCUT2D eigenvalue weighted by molar-refractivity contribution is 6.35. The van der Waals surface area contributed by atoms with E-state index in [2.05, 4.69) is 0 Å². The highest BCUT2D eigenvalue weighted by atomic mass is 35.5. The summed E-state index contributed by atoms with van der Waals surface area (Å²) in [6, 6.07) is 18.9. The quantitative estimate of drug-likeness (QED) is 0.444. The van der Waals surface area contributed by atoms with Gasteiger partial charge in [-0.15, -0.1) is 0 Å². The van der Waals surface area contributed by atoms with Crippen molar-refractivity contribution in [1.29, 1.82) is 0 Å². The van der Waals surface area contributed by atoms with Crippen molar-refractivity contribution in [2.45, 2.75) is 0 Å². The highest BCUT2D eigenvalue weighted by Crippen LogP contribution is 2.38. The van der Waals surface area contributed by atoms with E-state index in [9.17, 15) is 9.59 Å². The van der Waals surface area contributed by atoms with Crippen LogP contribution in [0.1, 0.15) is 31.8 Å². The van der Waals surface area contributed by atoms with Crippen molar-refractivity contribution in [2.75, 3.05) is 4.42 Å². The number of nitrogens with zero attached hydrogens (tertiary/aromatic N) is 1. The Morgan fingerprint density at radius 3 is 2.08 bits per heavy atom. The Hall–Kier alpha value is -2.62. The fourth-order valence-electron chi connectivity index (χ4n) is 3.03. The fraction of sp³-hybridized carbons (Fsp3) is 0. The van der Waals surface area contributed by atoms with E-state index in [1.165, 1.54) is 4.42 Å². The number of anilines is 2. The van der Waals surface area contributed by atoms with Crippen molar-refractivity contribution in [3.63, 3.8) is 0 Å². The maximum atomic E-state index is 13.0. The van der Waals surface area contributed by atoms with E-state index in [0.29, 0.717) is 38.7 Å². The van der Waals surface area contributed by atoms with Crippen LogP contribution in [0, 0.1) is 0 Å². The molecule has 0 fully saturated rings. The molecule has 1 aliphatic carbocycles. The molecule has 0 spiro atoms. The van der Waals surface area contributed by atoms with Gasteiger partial charge in [-0.3, -0.25) is 14.0 Å². The molecule has 0 radical (unpaired) electrons. The molecule has 1 aliphatic rings. The van der Waals surface area contributed by atoms with E-state index < -0.39 is 0 Å². The largest absolute Gasteiger partial charge is 0.289 e. The second kappa shape index (κ2) is 6.03. The van der Waals surface area contributed by atoms with Gasteiger partial charge in [0.25, 0.3) is 0 Å². The molecule has 3 nitrogen and oxygen atoms in total. The molecule has 0 aromatic heterocycles. The molecule has 0 unspecified atom stereocenters. The summed E-state index contributed by atoms with van der Waals surface area (Å²) in [6.45, 7) is 0. The normalized spacial score (nSPS) is 12.6. The molecule has 3 aromatic rings. The number of carbonyl (C=O) groups is 2. The van der Waals surface area contributed by atoms with Crippen LogP contribution in [0.2, 0.25) is 5.02 Å². The van der Waals surface area contributed by atoms with Gasteiger partial charge in [-0.1, -0.05) is 54.1 Å². The minimum Gasteiger partial charge on any atom is -0.289 e. The van der Waals surface area contributed by atoms with E-state index in [-0.39, 0.29) is 11.6 Å². The van der Waals surface area contributed by atoms with Gasteiger partial charge in [0.1, 0.15) is 0 Å². The summed E-state index contributed by atoms with van der Waals surface area (Å²) < 4.78 is 1.35. The molecule has 5 heteroatoms. The first-order valence-electron chi connectivity index (χ1n) is 7.61. The molecule has 3 aromatic carbocycles. The zero-order chi connectivity index (χ0) is 17.6. The summed E-state index contributed by atoms with van der Waals surface area (Å²) in [7, 11) is 0. The third-order valence-electron chi connectivity index (χ3n) is 4.18. The Bertz CT molecular complexity index is 1030. The van der Waals surface area contributed by atoms with Gasteiger partial charge < -0.3 is 0 Å². The lowest BCUT2D eigenvalue weighted by atomic mass is 9.83. The van der Waals surface area contributed by atoms with E-state index >= 15 is 0 Å². The summed E-state index contributed by atoms with van der Waals surface area (Å²) in [5.74, 6) is -0.392. The Morgan fingerprint density at radius 2 is 1.36 bits per heavy atom. The van der Waals surface area contributed by atoms with Gasteiger partial charge in [-0.05, 0) is 24.3 Å². The van der Waals surface area contributed by atoms with Crippen molar-refractivity contribution in [2.24, 2.45) is 0 Å². The lowest BCUT2D eigenvalue weighted by Crippen LogP contribution is -2.23. The number of benzene rings is 3. The van der Waals surface area contributed by atoms with E-state index in [1.807, 2.05) is 0 Å². The van der Waals surface area contributed by atoms with Crippen LogP contribution in [-0.2, 0) is 0 Å². The average Bonchev–Trinajstić information content (AvgIpc) is 2.65. The zero-order valence-corrected chi connectivity index (χ0v) is 14.4. The molecule has 0 saturated heterocycles. The zero-order valence-electron chi connectivity index (χ0n) is 12.9. The Labute approximate surface area is 154 Å². The van der Waals surface area contributed by atoms with Crippen LogP contribution < -0.4 is 4.42 Å². The predicted octanol–water partition coefficient (Wildman–Crippen LogP) is 5.41. The van der Waals surface area contributed by atoms with E-state index in [4.69, 9.17) is 23.4 Å². The first-order chi connectivity index (χ1) is 12.1. The smallest absolute Gasteiger partial charge is 0.196 e. The molecule has 0 bridgehead atoms. The van der Waals surface area contributed by atoms with Crippen LogP contribution in [0.5, 0.6) is 0 Å². The topological polar surface area (TPSA) is 37.4 Å². The first-order valence-corrected chi connectivity index (χ1v) is 8.32. The lowest BCUT2D eigenvalue weighted by molar-refractivity contribution is 0.0979. The van der Waals surface area contributed by atoms with Gasteiger partial charge in [0, 0.05) is 33.5 Å². The molecule has 0 amide bonds. The standard InChI is InChI=1S/C20H11Cl2NO2/c21-12-5-3-6-13(11-12)23(22)17-10-4-9-16-18(17)20(25)15-8-2-1-7-14(15)19(16)24/h1-11H. The van der Waals surface area contributed by atoms with Crippen LogP contribution in [0.15, 0.2) is 66.7 Å². The van der Waals surface area contributed by atoms with Gasteiger partial charge in [-0.25, -0.2) is 0 Å². The lowest BCUT2D eigenvalue weighted by Gasteiger charge is -2.24. The summed E-state index contributed by atoms with van der Waals surface area (Å²) in [5.41, 5.74) is 2.54. The molecule has 0 N–H and O–H groups in total. The molecule has 4 rings (SSSR count). The molecular formula is C20H11Cl2NO2. The number of hydrogen-bond acceptors (Lipinski definition) is 3. The molecule has 0 heterocycles. The summed E-state index contributed by atoms with van der Waals surface area (Å²) in [6.07, 6.45) is 0. The summed E-state index contributed by atoms with van der Waals surface area (Å²) >= 11 is 12.5. The number of fused-ring (bicyclic) bond motifs is 2. The predicted molar refractivity (Wildman–Crippen MR) is 99.2 cm³/mol. The number of ketones is 2. The average molecular weight is 368 g/mol. The van der Waals surface area contributed by atoms with Gasteiger partial charge in [0.2, 0.25) is 0 Å². The molecule has 0 saturated carbocycles. The van der Waals surface area contributed by atoms with Crippen molar-refractivity contribution in [3.05, 3.63) is 94.0 Å². The number of carbonyl (C=O) groups excluding carboxylic acids is 2. The third kappa shape index (κ3) is 2.53. The van der Waals surface area contributed by atoms with Crippen LogP contribution >= 0.6 is 23.4 Å². The minimum absolute atomic E-state index is 0.178. The second-order valence-electron chi connectivity index (χ2n) is 5.66. The maximum absolute atomic E-state index is 13.0. The van der Waals surface area contributed by atoms with Crippen molar-refractivity contribution in [1.82, 2.24) is 0 Å². The van der Waals surface area contributed by atoms with Gasteiger partial charge in [0.15, 0.2) is 11.6 Å². The molecule has 122 valence electrons. The van der Waals surface area contributed by atoms with Crippen molar-refractivity contribution < 1.29 is 9.59 Å². The third-order valence-corrected chi connectivity index (χ3v) is 4.79. The molecule has 25 heavy (non-hydrogen) atoms. The highest BCUT2D eigenvalue weighted by Gasteiger charge is 2.32. The Balaban J connectivity index is 1.91. The first kappa shape index (κ1) is 15.9. The molecule has 0 aliphatic heterocycles.